The number of methoxy groups -OCH3 is 2. The molecule has 0 aliphatic carbocycles. The molecule has 2 rings (SSSR count). The Morgan fingerprint density at radius 2 is 1.72 bits per heavy atom. The summed E-state index contributed by atoms with van der Waals surface area (Å²) in [6.45, 7) is 0. The van der Waals surface area contributed by atoms with Crippen LogP contribution in [0.15, 0.2) is 46.9 Å². The molecule has 11 heteroatoms. The zero-order valence-electron chi connectivity index (χ0n) is 15.3. The number of alkyl halides is 3. The SMILES string of the molecule is COc1ccc(C(=O)N[C@H](NC(=S)Nc2ccccc2Br)C(Cl)(Cl)Cl)cc1OC. The number of anilines is 1. The molecule has 1 atom stereocenters. The standard InChI is InChI=1S/C18H17BrCl3N3O3S/c1-27-13-8-7-10(9-14(13)28-2)15(26)24-16(18(20,21)22)25-17(29)23-12-6-4-3-5-11(12)19/h3-9,16H,1-2H3,(H,24,26)(H2,23,25,29)/t16-/m1/s1. The molecule has 0 saturated heterocycles. The summed E-state index contributed by atoms with van der Waals surface area (Å²) in [5.74, 6) is 0.377. The Kier molecular flexibility index (Phi) is 8.66. The number of thiocarbonyl (C=S) groups is 1. The van der Waals surface area contributed by atoms with E-state index < -0.39 is 15.9 Å². The van der Waals surface area contributed by atoms with Gasteiger partial charge in [-0.15, -0.1) is 0 Å². The maximum Gasteiger partial charge on any atom is 0.253 e. The Labute approximate surface area is 197 Å². The molecule has 0 radical (unpaired) electrons. The number of nitrogens with one attached hydrogen (secondary N) is 3. The van der Waals surface area contributed by atoms with Crippen LogP contribution in [0.1, 0.15) is 10.4 Å². The number of benzene rings is 2. The summed E-state index contributed by atoms with van der Waals surface area (Å²) in [6.07, 6.45) is -1.12. The van der Waals surface area contributed by atoms with Gasteiger partial charge in [0.05, 0.1) is 19.9 Å². The number of halogens is 4. The van der Waals surface area contributed by atoms with Crippen LogP contribution in [-0.4, -0.2) is 35.2 Å². The van der Waals surface area contributed by atoms with Crippen LogP contribution in [0.3, 0.4) is 0 Å². The Balaban J connectivity index is 2.13. The number of carbonyl (C=O) groups is 1. The lowest BCUT2D eigenvalue weighted by Gasteiger charge is -2.28. The molecule has 2 aromatic carbocycles. The van der Waals surface area contributed by atoms with Crippen LogP contribution in [0.4, 0.5) is 5.69 Å². The largest absolute Gasteiger partial charge is 0.493 e. The minimum absolute atomic E-state index is 0.154. The fourth-order valence-electron chi connectivity index (χ4n) is 2.24. The molecule has 0 aliphatic rings. The lowest BCUT2D eigenvalue weighted by molar-refractivity contribution is 0.0934. The van der Waals surface area contributed by atoms with Gasteiger partial charge in [-0.25, -0.2) is 0 Å². The first-order chi connectivity index (χ1) is 13.7. The summed E-state index contributed by atoms with van der Waals surface area (Å²) in [5, 5.41) is 8.53. The van der Waals surface area contributed by atoms with Crippen LogP contribution >= 0.6 is 63.0 Å². The first-order valence-electron chi connectivity index (χ1n) is 8.07. The highest BCUT2D eigenvalue weighted by atomic mass is 79.9. The van der Waals surface area contributed by atoms with Gasteiger partial charge in [-0.1, -0.05) is 46.9 Å². The maximum atomic E-state index is 12.7. The molecular weight excluding hydrogens is 525 g/mol. The van der Waals surface area contributed by atoms with Crippen molar-refractivity contribution in [1.29, 1.82) is 0 Å². The quantitative estimate of drug-likeness (QED) is 0.275. The number of rotatable bonds is 6. The van der Waals surface area contributed by atoms with Crippen molar-refractivity contribution in [3.63, 3.8) is 0 Å². The van der Waals surface area contributed by atoms with E-state index in [1.54, 1.807) is 12.1 Å². The summed E-state index contributed by atoms with van der Waals surface area (Å²) in [4.78, 5) is 12.7. The molecule has 6 nitrogen and oxygen atoms in total. The molecule has 0 spiro atoms. The fourth-order valence-corrected chi connectivity index (χ4v) is 3.18. The lowest BCUT2D eigenvalue weighted by atomic mass is 10.2. The highest BCUT2D eigenvalue weighted by Crippen LogP contribution is 2.31. The second-order valence-corrected chi connectivity index (χ2v) is 9.23. The molecule has 0 fully saturated rings. The van der Waals surface area contributed by atoms with Gasteiger partial charge in [-0.05, 0) is 58.5 Å². The van der Waals surface area contributed by atoms with Crippen LogP contribution in [0.2, 0.25) is 0 Å². The normalized spacial score (nSPS) is 11.9. The van der Waals surface area contributed by atoms with Gasteiger partial charge in [0.2, 0.25) is 3.79 Å². The van der Waals surface area contributed by atoms with Crippen molar-refractivity contribution >= 4 is 79.7 Å². The van der Waals surface area contributed by atoms with E-state index in [1.165, 1.54) is 20.3 Å². The Bertz CT molecular complexity index is 896. The van der Waals surface area contributed by atoms with Crippen LogP contribution in [0, 0.1) is 0 Å². The topological polar surface area (TPSA) is 71.6 Å². The van der Waals surface area contributed by atoms with Crippen LogP contribution in [-0.2, 0) is 0 Å². The maximum absolute atomic E-state index is 12.7. The number of para-hydroxylation sites is 1. The van der Waals surface area contributed by atoms with E-state index in [0.717, 1.165) is 4.47 Å². The van der Waals surface area contributed by atoms with Crippen molar-refractivity contribution in [2.24, 2.45) is 0 Å². The third-order valence-electron chi connectivity index (χ3n) is 3.65. The van der Waals surface area contributed by atoms with E-state index in [4.69, 9.17) is 56.5 Å². The van der Waals surface area contributed by atoms with Crippen molar-refractivity contribution in [2.45, 2.75) is 9.96 Å². The van der Waals surface area contributed by atoms with Gasteiger partial charge >= 0.3 is 0 Å². The van der Waals surface area contributed by atoms with Gasteiger partial charge in [-0.3, -0.25) is 4.79 Å². The zero-order chi connectivity index (χ0) is 21.6. The van der Waals surface area contributed by atoms with Gasteiger partial charge in [0.15, 0.2) is 16.6 Å². The van der Waals surface area contributed by atoms with Gasteiger partial charge in [-0.2, -0.15) is 0 Å². The minimum atomic E-state index is -1.88. The summed E-state index contributed by atoms with van der Waals surface area (Å²) >= 11 is 26.8. The monoisotopic (exact) mass is 539 g/mol. The highest BCUT2D eigenvalue weighted by Gasteiger charge is 2.35. The Morgan fingerprint density at radius 1 is 1.07 bits per heavy atom. The van der Waals surface area contributed by atoms with Gasteiger partial charge in [0.1, 0.15) is 6.17 Å². The third-order valence-corrected chi connectivity index (χ3v) is 5.21. The van der Waals surface area contributed by atoms with Gasteiger partial charge in [0.25, 0.3) is 5.91 Å². The van der Waals surface area contributed by atoms with Crippen molar-refractivity contribution in [3.8, 4) is 11.5 Å². The first kappa shape index (κ1) is 23.8. The van der Waals surface area contributed by atoms with E-state index in [2.05, 4.69) is 31.9 Å². The number of hydrogen-bond donors (Lipinski definition) is 3. The first-order valence-corrected chi connectivity index (χ1v) is 10.4. The summed E-state index contributed by atoms with van der Waals surface area (Å²) in [5.41, 5.74) is 0.993. The van der Waals surface area contributed by atoms with Gasteiger partial charge < -0.3 is 25.4 Å². The van der Waals surface area contributed by atoms with E-state index in [1.807, 2.05) is 24.3 Å². The minimum Gasteiger partial charge on any atom is -0.493 e. The predicted octanol–water partition coefficient (Wildman–Crippen LogP) is 4.88. The van der Waals surface area contributed by atoms with Crippen molar-refractivity contribution in [2.75, 3.05) is 19.5 Å². The molecule has 0 aliphatic heterocycles. The molecule has 0 bridgehead atoms. The Morgan fingerprint density at radius 3 is 2.31 bits per heavy atom. The number of ether oxygens (including phenoxy) is 2. The zero-order valence-corrected chi connectivity index (χ0v) is 19.9. The van der Waals surface area contributed by atoms with E-state index in [-0.39, 0.29) is 10.7 Å². The van der Waals surface area contributed by atoms with E-state index in [9.17, 15) is 4.79 Å². The smallest absolute Gasteiger partial charge is 0.253 e. The predicted molar refractivity (Wildman–Crippen MR) is 125 cm³/mol. The second kappa shape index (κ2) is 10.5. The molecule has 1 amide bonds. The summed E-state index contributed by atoms with van der Waals surface area (Å²) in [7, 11) is 2.97. The second-order valence-electron chi connectivity index (χ2n) is 5.60. The lowest BCUT2D eigenvalue weighted by Crippen LogP contribution is -2.56. The summed E-state index contributed by atoms with van der Waals surface area (Å²) < 4.78 is 9.28. The van der Waals surface area contributed by atoms with Crippen LogP contribution < -0.4 is 25.4 Å². The molecule has 3 N–H and O–H groups in total. The van der Waals surface area contributed by atoms with Crippen molar-refractivity contribution in [3.05, 3.63) is 52.5 Å². The van der Waals surface area contributed by atoms with Gasteiger partial charge in [0, 0.05) is 10.0 Å². The highest BCUT2D eigenvalue weighted by molar-refractivity contribution is 9.10. The molecular formula is C18H17BrCl3N3O3S. The van der Waals surface area contributed by atoms with Crippen LogP contribution in [0.5, 0.6) is 11.5 Å². The average molecular weight is 542 g/mol. The number of carbonyl (C=O) groups excluding carboxylic acids is 1. The average Bonchev–Trinajstić information content (AvgIpc) is 2.67. The number of hydrogen-bond acceptors (Lipinski definition) is 4. The molecule has 0 unspecified atom stereocenters. The van der Waals surface area contributed by atoms with Crippen LogP contribution in [0.25, 0.3) is 0 Å². The molecule has 0 saturated carbocycles. The number of amides is 1. The summed E-state index contributed by atoms with van der Waals surface area (Å²) in [6, 6.07) is 12.0. The van der Waals surface area contributed by atoms with E-state index >= 15 is 0 Å². The molecule has 29 heavy (non-hydrogen) atoms. The molecule has 0 aromatic heterocycles. The molecule has 0 heterocycles. The molecule has 2 aromatic rings. The Hall–Kier alpha value is -1.45. The van der Waals surface area contributed by atoms with Crippen molar-refractivity contribution < 1.29 is 14.3 Å². The third kappa shape index (κ3) is 6.79. The van der Waals surface area contributed by atoms with E-state index in [0.29, 0.717) is 17.2 Å². The van der Waals surface area contributed by atoms with Crippen molar-refractivity contribution in [1.82, 2.24) is 10.6 Å². The molecule has 156 valence electrons. The fraction of sp³-hybridized carbons (Fsp3) is 0.222.